The van der Waals surface area contributed by atoms with Gasteiger partial charge in [-0.1, -0.05) is 24.3 Å². The molecular formula is C19H18F3N5O. The molecule has 3 heterocycles. The average Bonchev–Trinajstić information content (AvgIpc) is 3.01. The third kappa shape index (κ3) is 3.51. The minimum atomic E-state index is -4.37. The first kappa shape index (κ1) is 18.3. The lowest BCUT2D eigenvalue weighted by Crippen LogP contribution is -2.34. The molecule has 1 N–H and O–H groups in total. The number of nitrogens with one attached hydrogen (secondary N) is 1. The number of hydrogen-bond acceptors (Lipinski definition) is 4. The van der Waals surface area contributed by atoms with Gasteiger partial charge in [0.1, 0.15) is 5.82 Å². The molecule has 0 spiro atoms. The van der Waals surface area contributed by atoms with Crippen LogP contribution in [0, 0.1) is 0 Å². The number of nitrogens with zero attached hydrogens (tertiary/aromatic N) is 4. The Kier molecular flexibility index (Phi) is 4.44. The summed E-state index contributed by atoms with van der Waals surface area (Å²) in [5, 5.41) is 8.42. The van der Waals surface area contributed by atoms with Gasteiger partial charge in [-0.25, -0.2) is 0 Å². The van der Waals surface area contributed by atoms with Gasteiger partial charge in [0.05, 0.1) is 5.56 Å². The largest absolute Gasteiger partial charge is 0.416 e. The van der Waals surface area contributed by atoms with Crippen LogP contribution in [0.15, 0.2) is 41.2 Å². The number of alkyl halides is 3. The fraction of sp³-hybridized carbons (Fsp3) is 0.316. The number of hydrogen-bond donors (Lipinski definition) is 1. The maximum Gasteiger partial charge on any atom is 0.416 e. The van der Waals surface area contributed by atoms with Gasteiger partial charge < -0.3 is 14.5 Å². The number of H-pyrrole nitrogens is 1. The smallest absolute Gasteiger partial charge is 0.336 e. The highest BCUT2D eigenvalue weighted by molar-refractivity contribution is 5.38. The van der Waals surface area contributed by atoms with Crippen LogP contribution >= 0.6 is 0 Å². The molecule has 0 saturated carbocycles. The highest BCUT2D eigenvalue weighted by Gasteiger charge is 2.30. The summed E-state index contributed by atoms with van der Waals surface area (Å²) in [6.45, 7) is 1.25. The second kappa shape index (κ2) is 6.81. The third-order valence-electron chi connectivity index (χ3n) is 4.93. The number of anilines is 1. The second-order valence-corrected chi connectivity index (χ2v) is 6.85. The first-order chi connectivity index (χ1) is 13.3. The summed E-state index contributed by atoms with van der Waals surface area (Å²) in [6.07, 6.45) is -3.43. The van der Waals surface area contributed by atoms with Crippen LogP contribution in [0.5, 0.6) is 0 Å². The van der Waals surface area contributed by atoms with Crippen molar-refractivity contribution in [3.63, 3.8) is 0 Å². The summed E-state index contributed by atoms with van der Waals surface area (Å²) < 4.78 is 40.6. The van der Waals surface area contributed by atoms with Gasteiger partial charge in [0.25, 0.3) is 0 Å². The van der Waals surface area contributed by atoms with Crippen molar-refractivity contribution in [2.75, 3.05) is 11.4 Å². The maximum atomic E-state index is 12.9. The van der Waals surface area contributed by atoms with Crippen molar-refractivity contribution >= 4 is 5.95 Å². The van der Waals surface area contributed by atoms with Gasteiger partial charge in [-0.2, -0.15) is 13.2 Å². The van der Waals surface area contributed by atoms with Crippen LogP contribution in [0.1, 0.15) is 28.2 Å². The van der Waals surface area contributed by atoms with E-state index in [1.807, 2.05) is 4.90 Å². The van der Waals surface area contributed by atoms with Gasteiger partial charge in [0, 0.05) is 44.7 Å². The van der Waals surface area contributed by atoms with Crippen molar-refractivity contribution in [3.8, 4) is 0 Å². The molecule has 0 bridgehead atoms. The van der Waals surface area contributed by atoms with E-state index >= 15 is 0 Å². The summed E-state index contributed by atoms with van der Waals surface area (Å²) in [5.41, 5.74) is 1.69. The van der Waals surface area contributed by atoms with E-state index in [9.17, 15) is 18.0 Å². The molecule has 0 radical (unpaired) electrons. The molecule has 146 valence electrons. The van der Waals surface area contributed by atoms with E-state index in [-0.39, 0.29) is 12.0 Å². The molecule has 1 aromatic carbocycles. The Hall–Kier alpha value is -3.10. The predicted octanol–water partition coefficient (Wildman–Crippen LogP) is 2.68. The molecule has 0 aliphatic carbocycles. The zero-order chi connectivity index (χ0) is 19.9. The Balaban J connectivity index is 1.55. The number of aromatic amines is 1. The first-order valence-corrected chi connectivity index (χ1v) is 8.82. The van der Waals surface area contributed by atoms with Gasteiger partial charge in [0.15, 0.2) is 0 Å². The fourth-order valence-electron chi connectivity index (χ4n) is 3.44. The van der Waals surface area contributed by atoms with E-state index in [1.54, 1.807) is 23.7 Å². The number of pyridine rings is 1. The molecule has 0 saturated heterocycles. The lowest BCUT2D eigenvalue weighted by molar-refractivity contribution is -0.137. The highest BCUT2D eigenvalue weighted by Crippen LogP contribution is 2.30. The molecule has 2 aromatic heterocycles. The normalized spacial score (nSPS) is 14.2. The summed E-state index contributed by atoms with van der Waals surface area (Å²) >= 11 is 0. The lowest BCUT2D eigenvalue weighted by Gasteiger charge is -2.28. The summed E-state index contributed by atoms with van der Waals surface area (Å²) in [6, 6.07) is 8.55. The van der Waals surface area contributed by atoms with Gasteiger partial charge in [0.2, 0.25) is 11.5 Å². The summed E-state index contributed by atoms with van der Waals surface area (Å²) in [4.78, 5) is 16.3. The second-order valence-electron chi connectivity index (χ2n) is 6.85. The Bertz CT molecular complexity index is 1070. The number of aromatic nitrogens is 4. The Morgan fingerprint density at radius 2 is 2.00 bits per heavy atom. The SMILES string of the molecule is Cn1c(Cc2cccc(C(F)(F)F)c2)nnc1N1CCc2[nH]c(=O)ccc2C1. The quantitative estimate of drug-likeness (QED) is 0.748. The Labute approximate surface area is 158 Å². The molecule has 3 aromatic rings. The fourth-order valence-corrected chi connectivity index (χ4v) is 3.44. The molecule has 9 heteroatoms. The van der Waals surface area contributed by atoms with Crippen LogP contribution in [0.25, 0.3) is 0 Å². The van der Waals surface area contributed by atoms with Gasteiger partial charge in [-0.05, 0) is 17.2 Å². The van der Waals surface area contributed by atoms with E-state index in [2.05, 4.69) is 15.2 Å². The molecule has 28 heavy (non-hydrogen) atoms. The lowest BCUT2D eigenvalue weighted by atomic mass is 10.1. The number of benzene rings is 1. The molecular weight excluding hydrogens is 371 g/mol. The highest BCUT2D eigenvalue weighted by atomic mass is 19.4. The third-order valence-corrected chi connectivity index (χ3v) is 4.93. The molecule has 0 fully saturated rings. The van der Waals surface area contributed by atoms with Crippen molar-refractivity contribution < 1.29 is 13.2 Å². The van der Waals surface area contributed by atoms with Crippen molar-refractivity contribution in [2.24, 2.45) is 7.05 Å². The minimum absolute atomic E-state index is 0.116. The molecule has 0 atom stereocenters. The maximum absolute atomic E-state index is 12.9. The van der Waals surface area contributed by atoms with Crippen molar-refractivity contribution in [2.45, 2.75) is 25.6 Å². The monoisotopic (exact) mass is 389 g/mol. The zero-order valence-corrected chi connectivity index (χ0v) is 15.1. The Morgan fingerprint density at radius 1 is 1.18 bits per heavy atom. The molecule has 1 aliphatic heterocycles. The van der Waals surface area contributed by atoms with E-state index in [0.29, 0.717) is 36.8 Å². The standard InChI is InChI=1S/C19H18F3N5O/c1-26-16(10-12-3-2-4-14(9-12)19(20,21)22)24-25-18(26)27-8-7-15-13(11-27)5-6-17(28)23-15/h2-6,9H,7-8,10-11H2,1H3,(H,23,28). The molecule has 0 amide bonds. The summed E-state index contributed by atoms with van der Waals surface area (Å²) in [7, 11) is 1.81. The minimum Gasteiger partial charge on any atom is -0.336 e. The molecule has 4 rings (SSSR count). The first-order valence-electron chi connectivity index (χ1n) is 8.82. The van der Waals surface area contributed by atoms with Crippen molar-refractivity contribution in [3.05, 3.63) is 75.0 Å². The van der Waals surface area contributed by atoms with Crippen LogP contribution in [0.2, 0.25) is 0 Å². The number of rotatable bonds is 3. The van der Waals surface area contributed by atoms with Crippen molar-refractivity contribution in [1.82, 2.24) is 19.7 Å². The van der Waals surface area contributed by atoms with Crippen LogP contribution in [-0.4, -0.2) is 26.3 Å². The van der Waals surface area contributed by atoms with Crippen LogP contribution in [0.3, 0.4) is 0 Å². The molecule has 0 unspecified atom stereocenters. The van der Waals surface area contributed by atoms with E-state index in [1.165, 1.54) is 12.1 Å². The van der Waals surface area contributed by atoms with Gasteiger partial charge in [-0.15, -0.1) is 10.2 Å². The van der Waals surface area contributed by atoms with Gasteiger partial charge in [-0.3, -0.25) is 4.79 Å². The van der Waals surface area contributed by atoms with Crippen LogP contribution < -0.4 is 10.5 Å². The van der Waals surface area contributed by atoms with E-state index in [0.717, 1.165) is 23.4 Å². The zero-order valence-electron chi connectivity index (χ0n) is 15.1. The predicted molar refractivity (Wildman–Crippen MR) is 97.1 cm³/mol. The average molecular weight is 389 g/mol. The Morgan fingerprint density at radius 3 is 2.79 bits per heavy atom. The molecule has 1 aliphatic rings. The van der Waals surface area contributed by atoms with Crippen molar-refractivity contribution in [1.29, 1.82) is 0 Å². The number of fused-ring (bicyclic) bond motifs is 1. The van der Waals surface area contributed by atoms with E-state index in [4.69, 9.17) is 0 Å². The van der Waals surface area contributed by atoms with E-state index < -0.39 is 11.7 Å². The topological polar surface area (TPSA) is 66.8 Å². The van der Waals surface area contributed by atoms with Crippen LogP contribution in [0.4, 0.5) is 19.1 Å². The summed E-state index contributed by atoms with van der Waals surface area (Å²) in [5.74, 6) is 1.24. The van der Waals surface area contributed by atoms with Crippen LogP contribution in [-0.2, 0) is 32.6 Å². The number of halogens is 3. The van der Waals surface area contributed by atoms with Gasteiger partial charge >= 0.3 is 6.18 Å². The molecule has 6 nitrogen and oxygen atoms in total.